The molecule has 0 spiro atoms. The van der Waals surface area contributed by atoms with Crippen LogP contribution in [-0.2, 0) is 11.2 Å². The molecule has 5 heteroatoms. The molecule has 1 saturated heterocycles. The monoisotopic (exact) mass is 432 g/mol. The zero-order valence-electron chi connectivity index (χ0n) is 19.4. The SMILES string of the molecule is C=CC=N/C=C\N(/C(=C(\C)C1CCCCC1)c1ccc2c(c1)CC(=C)N2)N1CCOCC1. The number of hydrogen-bond acceptors (Lipinski definition) is 5. The van der Waals surface area contributed by atoms with E-state index in [2.05, 4.69) is 64.8 Å². The van der Waals surface area contributed by atoms with Gasteiger partial charge in [0.2, 0.25) is 0 Å². The largest absolute Gasteiger partial charge is 0.379 e. The van der Waals surface area contributed by atoms with Gasteiger partial charge in [-0.25, -0.2) is 5.01 Å². The van der Waals surface area contributed by atoms with Crippen LogP contribution in [0, 0.1) is 5.92 Å². The number of benzene rings is 1. The van der Waals surface area contributed by atoms with E-state index in [1.807, 2.05) is 6.20 Å². The van der Waals surface area contributed by atoms with Crippen molar-refractivity contribution in [2.45, 2.75) is 45.4 Å². The van der Waals surface area contributed by atoms with Crippen LogP contribution in [0.25, 0.3) is 5.70 Å². The van der Waals surface area contributed by atoms with E-state index in [-0.39, 0.29) is 0 Å². The Morgan fingerprint density at radius 1 is 1.22 bits per heavy atom. The van der Waals surface area contributed by atoms with E-state index >= 15 is 0 Å². The molecule has 2 aliphatic heterocycles. The normalized spacial score (nSPS) is 21.0. The predicted molar refractivity (Wildman–Crippen MR) is 134 cm³/mol. The number of allylic oxidation sites excluding steroid dienone is 3. The van der Waals surface area contributed by atoms with Gasteiger partial charge in [-0.1, -0.05) is 44.6 Å². The van der Waals surface area contributed by atoms with Crippen LogP contribution in [-0.4, -0.2) is 42.5 Å². The zero-order chi connectivity index (χ0) is 22.3. The summed E-state index contributed by atoms with van der Waals surface area (Å²) in [6.07, 6.45) is 14.8. The highest BCUT2D eigenvalue weighted by atomic mass is 16.5. The Balaban J connectivity index is 1.79. The number of anilines is 1. The van der Waals surface area contributed by atoms with Gasteiger partial charge >= 0.3 is 0 Å². The molecule has 1 saturated carbocycles. The molecular weight excluding hydrogens is 396 g/mol. The Morgan fingerprint density at radius 2 is 2.00 bits per heavy atom. The zero-order valence-corrected chi connectivity index (χ0v) is 19.4. The number of nitrogens with one attached hydrogen (secondary N) is 1. The standard InChI is InChI=1S/C27H36N4O/c1-4-12-28-13-14-31(30-15-17-32-18-16-30)27(22(3)23-8-6-5-7-9-23)24-10-11-26-25(20-24)19-21(2)29-26/h4,10-14,20,23,29H,1-2,5-9,15-19H2,3H3/b14-13-,27-22+,28-12?. The molecular formula is C27H36N4O. The maximum Gasteiger partial charge on any atom is 0.0638 e. The molecule has 170 valence electrons. The summed E-state index contributed by atoms with van der Waals surface area (Å²) >= 11 is 0. The fraction of sp³-hybridized carbons (Fsp3) is 0.444. The number of fused-ring (bicyclic) bond motifs is 1. The van der Waals surface area contributed by atoms with E-state index in [9.17, 15) is 0 Å². The minimum Gasteiger partial charge on any atom is -0.379 e. The lowest BCUT2D eigenvalue weighted by atomic mass is 9.82. The van der Waals surface area contributed by atoms with E-state index in [1.54, 1.807) is 12.3 Å². The number of morpholine rings is 1. The first kappa shape index (κ1) is 22.6. The molecule has 32 heavy (non-hydrogen) atoms. The summed E-state index contributed by atoms with van der Waals surface area (Å²) in [6, 6.07) is 6.80. The Bertz CT molecular complexity index is 918. The Morgan fingerprint density at radius 3 is 2.75 bits per heavy atom. The second-order valence-corrected chi connectivity index (χ2v) is 8.89. The third kappa shape index (κ3) is 5.22. The van der Waals surface area contributed by atoms with Crippen molar-refractivity contribution in [1.29, 1.82) is 0 Å². The molecule has 1 aromatic carbocycles. The van der Waals surface area contributed by atoms with Crippen LogP contribution in [0.4, 0.5) is 5.69 Å². The van der Waals surface area contributed by atoms with Crippen molar-refractivity contribution in [1.82, 2.24) is 10.0 Å². The number of aliphatic imine (C=N–C) groups is 1. The number of rotatable bonds is 7. The van der Waals surface area contributed by atoms with Crippen molar-refractivity contribution < 1.29 is 4.74 Å². The molecule has 1 aliphatic carbocycles. The summed E-state index contributed by atoms with van der Waals surface area (Å²) in [6.45, 7) is 13.4. The van der Waals surface area contributed by atoms with Gasteiger partial charge in [0.1, 0.15) is 0 Å². The fourth-order valence-corrected chi connectivity index (χ4v) is 5.03. The lowest BCUT2D eigenvalue weighted by molar-refractivity contribution is -0.0346. The van der Waals surface area contributed by atoms with Gasteiger partial charge in [-0.2, -0.15) is 0 Å². The average Bonchev–Trinajstić information content (AvgIpc) is 3.21. The van der Waals surface area contributed by atoms with E-state index in [1.165, 1.54) is 60.2 Å². The van der Waals surface area contributed by atoms with Crippen LogP contribution in [0.2, 0.25) is 0 Å². The van der Waals surface area contributed by atoms with Crippen LogP contribution in [0.15, 0.2) is 66.1 Å². The van der Waals surface area contributed by atoms with Gasteiger partial charge in [-0.15, -0.1) is 0 Å². The third-order valence-electron chi connectivity index (χ3n) is 6.69. The van der Waals surface area contributed by atoms with Crippen LogP contribution in [0.5, 0.6) is 0 Å². The smallest absolute Gasteiger partial charge is 0.0638 e. The molecule has 3 aliphatic rings. The van der Waals surface area contributed by atoms with Crippen LogP contribution >= 0.6 is 0 Å². The molecule has 0 radical (unpaired) electrons. The van der Waals surface area contributed by atoms with Crippen LogP contribution in [0.3, 0.4) is 0 Å². The molecule has 4 rings (SSSR count). The number of hydrogen-bond donors (Lipinski definition) is 1. The second kappa shape index (κ2) is 10.8. The summed E-state index contributed by atoms with van der Waals surface area (Å²) in [5.41, 5.74) is 7.57. The molecule has 0 aromatic heterocycles. The van der Waals surface area contributed by atoms with E-state index < -0.39 is 0 Å². The van der Waals surface area contributed by atoms with Gasteiger partial charge < -0.3 is 10.1 Å². The molecule has 2 fully saturated rings. The third-order valence-corrected chi connectivity index (χ3v) is 6.69. The highest BCUT2D eigenvalue weighted by Crippen LogP contribution is 2.38. The molecule has 2 heterocycles. The van der Waals surface area contributed by atoms with Crippen LogP contribution in [0.1, 0.15) is 50.2 Å². The van der Waals surface area contributed by atoms with Gasteiger partial charge in [-0.3, -0.25) is 10.0 Å². The molecule has 1 N–H and O–H groups in total. The number of ether oxygens (including phenoxy) is 1. The summed E-state index contributed by atoms with van der Waals surface area (Å²) in [5, 5.41) is 8.11. The highest BCUT2D eigenvalue weighted by molar-refractivity contribution is 5.73. The minimum atomic E-state index is 0.619. The van der Waals surface area contributed by atoms with E-state index in [0.717, 1.165) is 38.4 Å². The topological polar surface area (TPSA) is 40.1 Å². The lowest BCUT2D eigenvalue weighted by Crippen LogP contribution is -2.45. The second-order valence-electron chi connectivity index (χ2n) is 8.89. The summed E-state index contributed by atoms with van der Waals surface area (Å²) in [7, 11) is 0. The first-order valence-corrected chi connectivity index (χ1v) is 11.9. The first-order chi connectivity index (χ1) is 15.7. The summed E-state index contributed by atoms with van der Waals surface area (Å²) in [5.74, 6) is 0.619. The first-order valence-electron chi connectivity index (χ1n) is 11.9. The van der Waals surface area contributed by atoms with Gasteiger partial charge in [0.05, 0.1) is 18.9 Å². The van der Waals surface area contributed by atoms with Crippen molar-refractivity contribution in [3.63, 3.8) is 0 Å². The van der Waals surface area contributed by atoms with Gasteiger partial charge in [0.25, 0.3) is 0 Å². The van der Waals surface area contributed by atoms with Gasteiger partial charge in [-0.05, 0) is 54.5 Å². The predicted octanol–water partition coefficient (Wildman–Crippen LogP) is 5.76. The average molecular weight is 433 g/mol. The Kier molecular flexibility index (Phi) is 7.61. The van der Waals surface area contributed by atoms with E-state index in [0.29, 0.717) is 5.92 Å². The maximum absolute atomic E-state index is 5.66. The summed E-state index contributed by atoms with van der Waals surface area (Å²) in [4.78, 5) is 4.37. The van der Waals surface area contributed by atoms with Crippen molar-refractivity contribution in [3.05, 3.63) is 72.2 Å². The molecule has 0 atom stereocenters. The van der Waals surface area contributed by atoms with Crippen molar-refractivity contribution >= 4 is 17.6 Å². The molecule has 0 unspecified atom stereocenters. The van der Waals surface area contributed by atoms with Crippen molar-refractivity contribution in [2.75, 3.05) is 31.6 Å². The van der Waals surface area contributed by atoms with Crippen LogP contribution < -0.4 is 5.32 Å². The fourth-order valence-electron chi connectivity index (χ4n) is 5.03. The lowest BCUT2D eigenvalue weighted by Gasteiger charge is -2.40. The molecule has 5 nitrogen and oxygen atoms in total. The quantitative estimate of drug-likeness (QED) is 0.556. The summed E-state index contributed by atoms with van der Waals surface area (Å²) < 4.78 is 5.66. The van der Waals surface area contributed by atoms with Crippen molar-refractivity contribution in [2.24, 2.45) is 10.9 Å². The number of hydrazine groups is 1. The minimum absolute atomic E-state index is 0.619. The van der Waals surface area contributed by atoms with Gasteiger partial charge in [0.15, 0.2) is 0 Å². The Hall–Kier alpha value is -2.63. The number of nitrogens with zero attached hydrogens (tertiary/aromatic N) is 3. The Labute approximate surface area is 192 Å². The van der Waals surface area contributed by atoms with Gasteiger partial charge in [0, 0.05) is 49.5 Å². The maximum atomic E-state index is 5.66. The van der Waals surface area contributed by atoms with E-state index in [4.69, 9.17) is 4.74 Å². The molecule has 0 bridgehead atoms. The molecule has 0 amide bonds. The molecule has 1 aromatic rings. The van der Waals surface area contributed by atoms with Crippen molar-refractivity contribution in [3.8, 4) is 0 Å². The highest BCUT2D eigenvalue weighted by Gasteiger charge is 2.27.